The van der Waals surface area contributed by atoms with E-state index in [0.717, 1.165) is 16.7 Å². The molecule has 0 amide bonds. The fraction of sp³-hybridized carbons (Fsp3) is 0.278. The summed E-state index contributed by atoms with van der Waals surface area (Å²) in [7, 11) is -3.80. The molecule has 0 spiro atoms. The summed E-state index contributed by atoms with van der Waals surface area (Å²) in [6, 6.07) is 10.0. The molecule has 23 heavy (non-hydrogen) atoms. The van der Waals surface area contributed by atoms with E-state index in [9.17, 15) is 14.3 Å². The maximum absolute atomic E-state index is 12.7. The van der Waals surface area contributed by atoms with Gasteiger partial charge in [0.05, 0.1) is 11.9 Å². The summed E-state index contributed by atoms with van der Waals surface area (Å²) in [6.45, 7) is 7.63. The van der Waals surface area contributed by atoms with E-state index < -0.39 is 7.60 Å². The lowest BCUT2D eigenvalue weighted by atomic mass is 9.93. The Balaban J connectivity index is 2.37. The van der Waals surface area contributed by atoms with Crippen LogP contribution in [0.3, 0.4) is 0 Å². The van der Waals surface area contributed by atoms with Gasteiger partial charge < -0.3 is 9.42 Å². The van der Waals surface area contributed by atoms with Crippen molar-refractivity contribution >= 4 is 18.7 Å². The molecule has 2 rings (SSSR count). The van der Waals surface area contributed by atoms with E-state index in [1.165, 1.54) is 12.1 Å². The van der Waals surface area contributed by atoms with E-state index in [2.05, 4.69) is 0 Å². The molecule has 4 nitrogen and oxygen atoms in total. The Labute approximate surface area is 136 Å². The molecule has 0 bridgehead atoms. The third-order valence-corrected chi connectivity index (χ3v) is 5.22. The van der Waals surface area contributed by atoms with Crippen molar-refractivity contribution in [3.05, 3.63) is 64.2 Å². The standard InChI is InChI=1S/C18H21O4P/c1-5-22-23(20,21)16-8-6-15(7-9-16)18(19)17-13(3)10-12(2)11-14(17)4/h6-11H,5H2,1-4H3,(H,20,21). The minimum absolute atomic E-state index is 0.0873. The van der Waals surface area contributed by atoms with Crippen LogP contribution in [0.1, 0.15) is 39.5 Å². The fourth-order valence-electron chi connectivity index (χ4n) is 2.73. The third-order valence-electron chi connectivity index (χ3n) is 3.66. The van der Waals surface area contributed by atoms with Crippen LogP contribution in [-0.4, -0.2) is 17.3 Å². The van der Waals surface area contributed by atoms with Gasteiger partial charge in [-0.25, -0.2) is 0 Å². The molecule has 5 heteroatoms. The highest BCUT2D eigenvalue weighted by atomic mass is 31.2. The van der Waals surface area contributed by atoms with Crippen LogP contribution in [-0.2, 0) is 9.09 Å². The summed E-state index contributed by atoms with van der Waals surface area (Å²) in [6.07, 6.45) is 0. The van der Waals surface area contributed by atoms with Crippen molar-refractivity contribution < 1.29 is 18.8 Å². The lowest BCUT2D eigenvalue weighted by molar-refractivity contribution is 0.103. The quantitative estimate of drug-likeness (QED) is 0.670. The lowest BCUT2D eigenvalue weighted by Crippen LogP contribution is -2.11. The Bertz CT molecular complexity index is 755. The Morgan fingerprint density at radius 2 is 1.61 bits per heavy atom. The molecule has 0 aliphatic heterocycles. The van der Waals surface area contributed by atoms with Crippen molar-refractivity contribution in [2.75, 3.05) is 6.61 Å². The van der Waals surface area contributed by atoms with E-state index >= 15 is 0 Å². The van der Waals surface area contributed by atoms with Gasteiger partial charge in [0, 0.05) is 11.1 Å². The van der Waals surface area contributed by atoms with Crippen LogP contribution in [0.25, 0.3) is 0 Å². The molecule has 0 aliphatic rings. The van der Waals surface area contributed by atoms with E-state index in [1.54, 1.807) is 19.1 Å². The summed E-state index contributed by atoms with van der Waals surface area (Å²) in [5, 5.41) is 0.188. The maximum atomic E-state index is 12.7. The summed E-state index contributed by atoms with van der Waals surface area (Å²) in [5.41, 5.74) is 4.14. The molecule has 122 valence electrons. The largest absolute Gasteiger partial charge is 0.358 e. The second-order valence-electron chi connectivity index (χ2n) is 5.59. The molecule has 0 aromatic heterocycles. The molecule has 1 N–H and O–H groups in total. The van der Waals surface area contributed by atoms with E-state index in [-0.39, 0.29) is 17.7 Å². The van der Waals surface area contributed by atoms with Crippen molar-refractivity contribution in [3.63, 3.8) is 0 Å². The van der Waals surface area contributed by atoms with Crippen molar-refractivity contribution in [2.24, 2.45) is 0 Å². The van der Waals surface area contributed by atoms with Crippen molar-refractivity contribution in [1.29, 1.82) is 0 Å². The van der Waals surface area contributed by atoms with E-state index in [1.807, 2.05) is 32.9 Å². The highest BCUT2D eigenvalue weighted by Crippen LogP contribution is 2.40. The molecule has 2 aromatic rings. The molecular weight excluding hydrogens is 311 g/mol. The zero-order chi connectivity index (χ0) is 17.2. The van der Waals surface area contributed by atoms with Gasteiger partial charge in [0.25, 0.3) is 0 Å². The molecule has 1 unspecified atom stereocenters. The Morgan fingerprint density at radius 1 is 1.09 bits per heavy atom. The fourth-order valence-corrected chi connectivity index (χ4v) is 3.76. The van der Waals surface area contributed by atoms with Gasteiger partial charge in [-0.3, -0.25) is 9.36 Å². The topological polar surface area (TPSA) is 63.6 Å². The summed E-state index contributed by atoms with van der Waals surface area (Å²) in [4.78, 5) is 22.5. The monoisotopic (exact) mass is 332 g/mol. The molecule has 0 saturated carbocycles. The summed E-state index contributed by atoms with van der Waals surface area (Å²) in [5.74, 6) is -0.0873. The number of carbonyl (C=O) groups is 1. The van der Waals surface area contributed by atoms with Crippen LogP contribution >= 0.6 is 7.60 Å². The Kier molecular flexibility index (Phi) is 5.20. The predicted octanol–water partition coefficient (Wildman–Crippen LogP) is 3.69. The number of rotatable bonds is 5. The van der Waals surface area contributed by atoms with Gasteiger partial charge in [0.2, 0.25) is 0 Å². The first-order valence-electron chi connectivity index (χ1n) is 7.46. The maximum Gasteiger partial charge on any atom is 0.358 e. The number of benzene rings is 2. The molecule has 1 atom stereocenters. The number of hydrogen-bond acceptors (Lipinski definition) is 3. The highest BCUT2D eigenvalue weighted by molar-refractivity contribution is 7.61. The van der Waals surface area contributed by atoms with E-state index in [4.69, 9.17) is 4.52 Å². The molecule has 0 radical (unpaired) electrons. The first kappa shape index (κ1) is 17.6. The summed E-state index contributed by atoms with van der Waals surface area (Å²) < 4.78 is 16.8. The Hall–Kier alpha value is -1.74. The van der Waals surface area contributed by atoms with E-state index in [0.29, 0.717) is 11.1 Å². The molecular formula is C18H21O4P. The molecule has 0 fully saturated rings. The van der Waals surface area contributed by atoms with Gasteiger partial charge >= 0.3 is 7.60 Å². The first-order chi connectivity index (χ1) is 10.8. The van der Waals surface area contributed by atoms with Gasteiger partial charge in [0.1, 0.15) is 0 Å². The predicted molar refractivity (Wildman–Crippen MR) is 91.6 cm³/mol. The van der Waals surface area contributed by atoms with Crippen molar-refractivity contribution in [3.8, 4) is 0 Å². The molecule has 0 heterocycles. The zero-order valence-electron chi connectivity index (χ0n) is 13.8. The zero-order valence-corrected chi connectivity index (χ0v) is 14.7. The first-order valence-corrected chi connectivity index (χ1v) is 9.04. The summed E-state index contributed by atoms with van der Waals surface area (Å²) >= 11 is 0. The lowest BCUT2D eigenvalue weighted by Gasteiger charge is -2.13. The average molecular weight is 332 g/mol. The second kappa shape index (κ2) is 6.79. The van der Waals surface area contributed by atoms with Gasteiger partial charge in [-0.15, -0.1) is 0 Å². The minimum Gasteiger partial charge on any atom is -0.321 e. The molecule has 0 saturated heterocycles. The second-order valence-corrected chi connectivity index (χ2v) is 7.40. The van der Waals surface area contributed by atoms with Gasteiger partial charge in [-0.1, -0.05) is 29.8 Å². The van der Waals surface area contributed by atoms with Gasteiger partial charge in [-0.2, -0.15) is 0 Å². The molecule has 0 aliphatic carbocycles. The van der Waals surface area contributed by atoms with Crippen molar-refractivity contribution in [2.45, 2.75) is 27.7 Å². The van der Waals surface area contributed by atoms with Crippen LogP contribution in [0, 0.1) is 20.8 Å². The van der Waals surface area contributed by atoms with Gasteiger partial charge in [0.15, 0.2) is 5.78 Å². The van der Waals surface area contributed by atoms with Gasteiger partial charge in [-0.05, 0) is 51.0 Å². The number of aryl methyl sites for hydroxylation is 3. The number of hydrogen-bond donors (Lipinski definition) is 1. The van der Waals surface area contributed by atoms with Crippen LogP contribution in [0.5, 0.6) is 0 Å². The number of carbonyl (C=O) groups excluding carboxylic acids is 1. The Morgan fingerprint density at radius 3 is 2.09 bits per heavy atom. The van der Waals surface area contributed by atoms with Crippen LogP contribution in [0.15, 0.2) is 36.4 Å². The average Bonchev–Trinajstić information content (AvgIpc) is 2.46. The minimum atomic E-state index is -3.80. The normalized spacial score (nSPS) is 13.6. The van der Waals surface area contributed by atoms with Crippen LogP contribution < -0.4 is 5.30 Å². The molecule has 2 aromatic carbocycles. The third kappa shape index (κ3) is 3.78. The van der Waals surface area contributed by atoms with Crippen molar-refractivity contribution in [1.82, 2.24) is 0 Å². The smallest absolute Gasteiger partial charge is 0.321 e. The van der Waals surface area contributed by atoms with Crippen LogP contribution in [0.4, 0.5) is 0 Å². The highest BCUT2D eigenvalue weighted by Gasteiger charge is 2.22. The van der Waals surface area contributed by atoms with Crippen LogP contribution in [0.2, 0.25) is 0 Å². The number of ketones is 1. The SMILES string of the molecule is CCOP(=O)(O)c1ccc(C(=O)c2c(C)cc(C)cc2C)cc1.